The van der Waals surface area contributed by atoms with E-state index >= 15 is 0 Å². The first kappa shape index (κ1) is 24.4. The predicted octanol–water partition coefficient (Wildman–Crippen LogP) is 3.56. The molecule has 0 unspecified atom stereocenters. The maximum absolute atomic E-state index is 12.9. The molecule has 1 fully saturated rings. The van der Waals surface area contributed by atoms with Gasteiger partial charge in [-0.1, -0.05) is 0 Å². The first-order valence-electron chi connectivity index (χ1n) is 11.6. The Labute approximate surface area is 195 Å². The molecule has 1 aliphatic rings. The van der Waals surface area contributed by atoms with E-state index in [0.717, 1.165) is 12.8 Å². The SMILES string of the molecule is CCOc1cc(C(=O)NCC2CCN(C(=O)c3cccnc3)CC2)cc(OCC)c1OCC. The Morgan fingerprint density at radius 1 is 1.00 bits per heavy atom. The van der Waals surface area contributed by atoms with Crippen LogP contribution >= 0.6 is 0 Å². The lowest BCUT2D eigenvalue weighted by Crippen LogP contribution is -2.41. The molecule has 2 amide bonds. The topological polar surface area (TPSA) is 90.0 Å². The quantitative estimate of drug-likeness (QED) is 0.589. The molecular formula is C25H33N3O5. The second kappa shape index (κ2) is 12.1. The number of nitrogens with one attached hydrogen (secondary N) is 1. The Morgan fingerprint density at radius 3 is 2.18 bits per heavy atom. The number of piperidine rings is 1. The van der Waals surface area contributed by atoms with Crippen molar-refractivity contribution >= 4 is 11.8 Å². The lowest BCUT2D eigenvalue weighted by molar-refractivity contribution is 0.0684. The van der Waals surface area contributed by atoms with Gasteiger partial charge >= 0.3 is 0 Å². The molecule has 8 nitrogen and oxygen atoms in total. The third-order valence-corrected chi connectivity index (χ3v) is 5.53. The number of likely N-dealkylation sites (tertiary alicyclic amines) is 1. The fraction of sp³-hybridized carbons (Fsp3) is 0.480. The van der Waals surface area contributed by atoms with Gasteiger partial charge < -0.3 is 24.4 Å². The van der Waals surface area contributed by atoms with Crippen LogP contribution in [-0.4, -0.2) is 61.2 Å². The van der Waals surface area contributed by atoms with Crippen molar-refractivity contribution < 1.29 is 23.8 Å². The minimum Gasteiger partial charge on any atom is -0.490 e. The summed E-state index contributed by atoms with van der Waals surface area (Å²) in [7, 11) is 0. The molecule has 0 atom stereocenters. The zero-order chi connectivity index (χ0) is 23.6. The van der Waals surface area contributed by atoms with Gasteiger partial charge in [-0.2, -0.15) is 0 Å². The highest BCUT2D eigenvalue weighted by molar-refractivity contribution is 5.95. The normalized spacial score (nSPS) is 14.0. The number of hydrogen-bond donors (Lipinski definition) is 1. The number of pyridine rings is 1. The molecule has 0 spiro atoms. The third kappa shape index (κ3) is 6.37. The molecule has 1 aromatic carbocycles. The zero-order valence-electron chi connectivity index (χ0n) is 19.6. The van der Waals surface area contributed by atoms with E-state index in [0.29, 0.717) is 73.7 Å². The van der Waals surface area contributed by atoms with E-state index in [1.807, 2.05) is 25.7 Å². The van der Waals surface area contributed by atoms with Crippen LogP contribution in [0, 0.1) is 5.92 Å². The van der Waals surface area contributed by atoms with E-state index in [9.17, 15) is 9.59 Å². The maximum atomic E-state index is 12.9. The Bertz CT molecular complexity index is 900. The van der Waals surface area contributed by atoms with Crippen molar-refractivity contribution in [3.63, 3.8) is 0 Å². The summed E-state index contributed by atoms with van der Waals surface area (Å²) < 4.78 is 17.1. The third-order valence-electron chi connectivity index (χ3n) is 5.53. The summed E-state index contributed by atoms with van der Waals surface area (Å²) in [5.41, 5.74) is 1.07. The zero-order valence-corrected chi connectivity index (χ0v) is 19.6. The fourth-order valence-electron chi connectivity index (χ4n) is 3.87. The standard InChI is InChI=1S/C25H33N3O5/c1-4-31-21-14-20(15-22(32-5-2)23(21)33-6-3)24(29)27-16-18-9-12-28(13-10-18)25(30)19-8-7-11-26-17-19/h7-8,11,14-15,17-18H,4-6,9-10,12-13,16H2,1-3H3,(H,27,29). The van der Waals surface area contributed by atoms with Crippen LogP contribution in [0.25, 0.3) is 0 Å². The smallest absolute Gasteiger partial charge is 0.255 e. The van der Waals surface area contributed by atoms with E-state index in [1.165, 1.54) is 0 Å². The summed E-state index contributed by atoms with van der Waals surface area (Å²) in [6, 6.07) is 6.94. The van der Waals surface area contributed by atoms with Crippen molar-refractivity contribution in [3.05, 3.63) is 47.8 Å². The monoisotopic (exact) mass is 455 g/mol. The summed E-state index contributed by atoms with van der Waals surface area (Å²) in [6.45, 7) is 8.91. The number of amides is 2. The Balaban J connectivity index is 1.59. The van der Waals surface area contributed by atoms with Crippen LogP contribution in [0.15, 0.2) is 36.7 Å². The lowest BCUT2D eigenvalue weighted by atomic mass is 9.96. The van der Waals surface area contributed by atoms with Gasteiger partial charge in [0.15, 0.2) is 11.5 Å². The van der Waals surface area contributed by atoms with Gasteiger partial charge in [-0.05, 0) is 63.8 Å². The molecule has 1 saturated heterocycles. The molecule has 1 aliphatic heterocycles. The number of aromatic nitrogens is 1. The first-order valence-corrected chi connectivity index (χ1v) is 11.6. The Morgan fingerprint density at radius 2 is 1.64 bits per heavy atom. The molecule has 1 aromatic heterocycles. The van der Waals surface area contributed by atoms with Crippen molar-refractivity contribution in [3.8, 4) is 17.2 Å². The summed E-state index contributed by atoms with van der Waals surface area (Å²) in [5, 5.41) is 3.03. The molecule has 178 valence electrons. The molecule has 2 aromatic rings. The average Bonchev–Trinajstić information content (AvgIpc) is 2.85. The summed E-state index contributed by atoms with van der Waals surface area (Å²) in [5.74, 6) is 1.65. The Hall–Kier alpha value is -3.29. The molecule has 1 N–H and O–H groups in total. The molecule has 0 radical (unpaired) electrons. The molecule has 0 saturated carbocycles. The van der Waals surface area contributed by atoms with E-state index < -0.39 is 0 Å². The van der Waals surface area contributed by atoms with Crippen LogP contribution in [0.3, 0.4) is 0 Å². The van der Waals surface area contributed by atoms with Crippen molar-refractivity contribution in [1.82, 2.24) is 15.2 Å². The molecule has 8 heteroatoms. The van der Waals surface area contributed by atoms with Gasteiger partial charge in [0, 0.05) is 37.6 Å². The largest absolute Gasteiger partial charge is 0.490 e. The van der Waals surface area contributed by atoms with Crippen molar-refractivity contribution in [1.29, 1.82) is 0 Å². The summed E-state index contributed by atoms with van der Waals surface area (Å²) in [6.07, 6.45) is 4.93. The number of ether oxygens (including phenoxy) is 3. The number of hydrogen-bond acceptors (Lipinski definition) is 6. The van der Waals surface area contributed by atoms with Crippen LogP contribution < -0.4 is 19.5 Å². The van der Waals surface area contributed by atoms with Gasteiger partial charge in [0.1, 0.15) is 0 Å². The summed E-state index contributed by atoms with van der Waals surface area (Å²) in [4.78, 5) is 31.4. The van der Waals surface area contributed by atoms with Crippen LogP contribution in [0.4, 0.5) is 0 Å². The van der Waals surface area contributed by atoms with Crippen LogP contribution in [0.2, 0.25) is 0 Å². The number of nitrogens with zero attached hydrogens (tertiary/aromatic N) is 2. The number of carbonyl (C=O) groups excluding carboxylic acids is 2. The minimum atomic E-state index is -0.186. The van der Waals surface area contributed by atoms with Gasteiger partial charge in [-0.25, -0.2) is 0 Å². The Kier molecular flexibility index (Phi) is 8.92. The number of benzene rings is 1. The molecular weight excluding hydrogens is 422 g/mol. The fourth-order valence-corrected chi connectivity index (χ4v) is 3.87. The van der Waals surface area contributed by atoms with E-state index in [1.54, 1.807) is 36.7 Å². The number of carbonyl (C=O) groups is 2. The van der Waals surface area contributed by atoms with Crippen molar-refractivity contribution in [2.24, 2.45) is 5.92 Å². The molecule has 0 bridgehead atoms. The highest BCUT2D eigenvalue weighted by atomic mass is 16.5. The molecule has 3 rings (SSSR count). The predicted molar refractivity (Wildman–Crippen MR) is 125 cm³/mol. The number of rotatable bonds is 10. The average molecular weight is 456 g/mol. The van der Waals surface area contributed by atoms with Gasteiger partial charge in [-0.15, -0.1) is 0 Å². The molecule has 33 heavy (non-hydrogen) atoms. The van der Waals surface area contributed by atoms with Gasteiger partial charge in [0.25, 0.3) is 11.8 Å². The van der Waals surface area contributed by atoms with Crippen LogP contribution in [0.5, 0.6) is 17.2 Å². The van der Waals surface area contributed by atoms with Gasteiger partial charge in [0.05, 0.1) is 25.4 Å². The van der Waals surface area contributed by atoms with Crippen molar-refractivity contribution in [2.75, 3.05) is 39.5 Å². The maximum Gasteiger partial charge on any atom is 0.255 e. The van der Waals surface area contributed by atoms with Gasteiger partial charge in [0.2, 0.25) is 5.75 Å². The van der Waals surface area contributed by atoms with Crippen LogP contribution in [-0.2, 0) is 0 Å². The molecule has 2 heterocycles. The highest BCUT2D eigenvalue weighted by Gasteiger charge is 2.25. The summed E-state index contributed by atoms with van der Waals surface area (Å²) >= 11 is 0. The second-order valence-electron chi connectivity index (χ2n) is 7.79. The molecule has 0 aliphatic carbocycles. The minimum absolute atomic E-state index is 0.00637. The first-order chi connectivity index (χ1) is 16.1. The lowest BCUT2D eigenvalue weighted by Gasteiger charge is -2.32. The van der Waals surface area contributed by atoms with Crippen molar-refractivity contribution in [2.45, 2.75) is 33.6 Å². The van der Waals surface area contributed by atoms with E-state index in [4.69, 9.17) is 14.2 Å². The van der Waals surface area contributed by atoms with E-state index in [-0.39, 0.29) is 11.8 Å². The second-order valence-corrected chi connectivity index (χ2v) is 7.79. The van der Waals surface area contributed by atoms with Gasteiger partial charge in [-0.3, -0.25) is 14.6 Å². The van der Waals surface area contributed by atoms with Crippen LogP contribution in [0.1, 0.15) is 54.3 Å². The highest BCUT2D eigenvalue weighted by Crippen LogP contribution is 2.39. The van der Waals surface area contributed by atoms with E-state index in [2.05, 4.69) is 10.3 Å².